The zero-order valence-electron chi connectivity index (χ0n) is 47.6. The van der Waals surface area contributed by atoms with Crippen molar-refractivity contribution in [2.45, 2.75) is 284 Å². The van der Waals surface area contributed by atoms with Gasteiger partial charge in [-0.1, -0.05) is 278 Å². The third kappa shape index (κ3) is 58.8. The number of unbranched alkanes of at least 4 members (excludes halogenated alkanes) is 25. The van der Waals surface area contributed by atoms with E-state index in [0.717, 1.165) is 122 Å². The summed E-state index contributed by atoms with van der Waals surface area (Å²) >= 11 is 0. The van der Waals surface area contributed by atoms with E-state index in [1.807, 2.05) is 0 Å². The average molecular weight is 1010 g/mol. The first-order valence-electron chi connectivity index (χ1n) is 30.4. The van der Waals surface area contributed by atoms with Crippen molar-refractivity contribution >= 4 is 17.9 Å². The van der Waals surface area contributed by atoms with Gasteiger partial charge < -0.3 is 14.2 Å². The van der Waals surface area contributed by atoms with Gasteiger partial charge in [0.15, 0.2) is 6.10 Å². The van der Waals surface area contributed by atoms with Crippen LogP contribution in [0.25, 0.3) is 0 Å². The lowest BCUT2D eigenvalue weighted by molar-refractivity contribution is -0.167. The van der Waals surface area contributed by atoms with Gasteiger partial charge in [0.05, 0.1) is 0 Å². The highest BCUT2D eigenvalue weighted by molar-refractivity contribution is 5.71. The molecule has 1 atom stereocenters. The minimum absolute atomic E-state index is 0.0784. The highest BCUT2D eigenvalue weighted by atomic mass is 16.6. The molecule has 416 valence electrons. The minimum Gasteiger partial charge on any atom is -0.462 e. The highest BCUT2D eigenvalue weighted by Crippen LogP contribution is 2.15. The Bertz CT molecular complexity index is 1490. The molecule has 0 heterocycles. The number of carbonyl (C=O) groups is 3. The van der Waals surface area contributed by atoms with Crippen LogP contribution in [0.4, 0.5) is 0 Å². The second-order valence-electron chi connectivity index (χ2n) is 19.9. The molecule has 6 heteroatoms. The fourth-order valence-corrected chi connectivity index (χ4v) is 8.26. The number of hydrogen-bond donors (Lipinski definition) is 0. The van der Waals surface area contributed by atoms with Gasteiger partial charge in [-0.15, -0.1) is 0 Å². The van der Waals surface area contributed by atoms with Gasteiger partial charge in [-0.25, -0.2) is 0 Å². The van der Waals surface area contributed by atoms with Crippen molar-refractivity contribution in [3.05, 3.63) is 109 Å². The van der Waals surface area contributed by atoms with Crippen LogP contribution in [0, 0.1) is 0 Å². The molecular formula is C67H112O6. The van der Waals surface area contributed by atoms with Gasteiger partial charge in [0.1, 0.15) is 13.2 Å². The first kappa shape index (κ1) is 69.1. The van der Waals surface area contributed by atoms with Crippen LogP contribution in [0.3, 0.4) is 0 Å². The molecule has 0 rings (SSSR count). The molecule has 0 saturated carbocycles. The molecule has 0 bridgehead atoms. The van der Waals surface area contributed by atoms with Crippen molar-refractivity contribution in [1.82, 2.24) is 0 Å². The number of hydrogen-bond acceptors (Lipinski definition) is 6. The van der Waals surface area contributed by atoms with E-state index in [4.69, 9.17) is 14.2 Å². The summed E-state index contributed by atoms with van der Waals surface area (Å²) in [6.07, 6.45) is 82.6. The summed E-state index contributed by atoms with van der Waals surface area (Å²) < 4.78 is 16.8. The molecule has 0 amide bonds. The van der Waals surface area contributed by atoms with E-state index in [1.165, 1.54) is 116 Å². The lowest BCUT2D eigenvalue weighted by Gasteiger charge is -2.18. The predicted molar refractivity (Wildman–Crippen MR) is 316 cm³/mol. The molecule has 0 aliphatic heterocycles. The molecule has 73 heavy (non-hydrogen) atoms. The predicted octanol–water partition coefficient (Wildman–Crippen LogP) is 20.7. The Kier molecular flexibility index (Phi) is 57.4. The van der Waals surface area contributed by atoms with Gasteiger partial charge >= 0.3 is 17.9 Å². The van der Waals surface area contributed by atoms with Crippen molar-refractivity contribution in [3.63, 3.8) is 0 Å². The zero-order chi connectivity index (χ0) is 52.9. The van der Waals surface area contributed by atoms with Gasteiger partial charge in [0.25, 0.3) is 0 Å². The summed E-state index contributed by atoms with van der Waals surface area (Å²) in [5, 5.41) is 0. The summed E-state index contributed by atoms with van der Waals surface area (Å²) in [5.74, 6) is -0.893. The summed E-state index contributed by atoms with van der Waals surface area (Å²) in [4.78, 5) is 37.9. The third-order valence-electron chi connectivity index (χ3n) is 12.8. The molecule has 0 aromatic carbocycles. The number of allylic oxidation sites excluding steroid dienone is 18. The van der Waals surface area contributed by atoms with E-state index in [-0.39, 0.29) is 31.1 Å². The van der Waals surface area contributed by atoms with Crippen LogP contribution in [0.15, 0.2) is 109 Å². The molecule has 0 spiro atoms. The molecule has 0 saturated heterocycles. The van der Waals surface area contributed by atoms with E-state index < -0.39 is 6.10 Å². The Morgan fingerprint density at radius 1 is 0.288 bits per heavy atom. The highest BCUT2D eigenvalue weighted by Gasteiger charge is 2.19. The van der Waals surface area contributed by atoms with Crippen molar-refractivity contribution < 1.29 is 28.6 Å². The second-order valence-corrected chi connectivity index (χ2v) is 19.9. The third-order valence-corrected chi connectivity index (χ3v) is 12.8. The standard InChI is InChI=1S/C67H112O6/c1-4-7-10-13-16-18-20-22-23-24-25-26-27-28-29-30-31-32-33-34-35-36-37-38-39-40-41-42-43-45-46-48-51-54-57-60-66(69)72-63-64(62-71-65(68)59-56-53-50-15-12-9-6-3)73-67(70)61-58-55-52-49-47-44-21-19-17-14-11-8-5-2/h7,10,16,18,22-23,25-26,28-29,31-32,34-35,37-38,40-41,64H,4-6,8-9,11-15,17,19-21,24,27,30,33,36,39,42-63H2,1-3H3/b10-7-,18-16-,23-22-,26-25-,29-28-,32-31-,35-34-,38-37-,41-40-. The molecule has 0 N–H and O–H groups in total. The Labute approximate surface area is 450 Å². The largest absolute Gasteiger partial charge is 0.462 e. The molecule has 6 nitrogen and oxygen atoms in total. The van der Waals surface area contributed by atoms with Gasteiger partial charge in [-0.3, -0.25) is 14.4 Å². The zero-order valence-corrected chi connectivity index (χ0v) is 47.6. The molecule has 0 aromatic rings. The fourth-order valence-electron chi connectivity index (χ4n) is 8.26. The topological polar surface area (TPSA) is 78.9 Å². The second kappa shape index (κ2) is 60.6. The van der Waals surface area contributed by atoms with Gasteiger partial charge in [0.2, 0.25) is 0 Å². The maximum absolute atomic E-state index is 12.8. The average Bonchev–Trinajstić information content (AvgIpc) is 3.39. The van der Waals surface area contributed by atoms with Crippen LogP contribution in [-0.4, -0.2) is 37.2 Å². The smallest absolute Gasteiger partial charge is 0.306 e. The van der Waals surface area contributed by atoms with E-state index >= 15 is 0 Å². The fraction of sp³-hybridized carbons (Fsp3) is 0.687. The molecule has 0 aliphatic rings. The molecular weight excluding hydrogens is 901 g/mol. The quantitative estimate of drug-likeness (QED) is 0.0261. The van der Waals surface area contributed by atoms with E-state index in [9.17, 15) is 14.4 Å². The number of esters is 3. The first-order chi connectivity index (χ1) is 36.0. The van der Waals surface area contributed by atoms with Crippen molar-refractivity contribution in [1.29, 1.82) is 0 Å². The maximum atomic E-state index is 12.8. The number of rotatable bonds is 54. The van der Waals surface area contributed by atoms with E-state index in [0.29, 0.717) is 19.3 Å². The van der Waals surface area contributed by atoms with Gasteiger partial charge in [-0.05, 0) is 89.9 Å². The summed E-state index contributed by atoms with van der Waals surface area (Å²) in [5.41, 5.74) is 0. The van der Waals surface area contributed by atoms with Crippen LogP contribution in [0.2, 0.25) is 0 Å². The van der Waals surface area contributed by atoms with Crippen LogP contribution in [-0.2, 0) is 28.6 Å². The van der Waals surface area contributed by atoms with Gasteiger partial charge in [-0.2, -0.15) is 0 Å². The number of carbonyl (C=O) groups excluding carboxylic acids is 3. The lowest BCUT2D eigenvalue weighted by atomic mass is 10.0. The summed E-state index contributed by atoms with van der Waals surface area (Å²) in [6.45, 7) is 6.48. The molecule has 1 unspecified atom stereocenters. The lowest BCUT2D eigenvalue weighted by Crippen LogP contribution is -2.30. The molecule has 0 aliphatic carbocycles. The van der Waals surface area contributed by atoms with Crippen molar-refractivity contribution in [3.8, 4) is 0 Å². The molecule has 0 radical (unpaired) electrons. The summed E-state index contributed by atoms with van der Waals surface area (Å²) in [7, 11) is 0. The Morgan fingerprint density at radius 3 is 0.836 bits per heavy atom. The van der Waals surface area contributed by atoms with Crippen molar-refractivity contribution in [2.24, 2.45) is 0 Å². The Morgan fingerprint density at radius 2 is 0.534 bits per heavy atom. The van der Waals surface area contributed by atoms with E-state index in [1.54, 1.807) is 0 Å². The normalized spacial score (nSPS) is 12.9. The van der Waals surface area contributed by atoms with Crippen LogP contribution in [0.1, 0.15) is 278 Å². The molecule has 0 fully saturated rings. The Balaban J connectivity index is 4.11. The van der Waals surface area contributed by atoms with Gasteiger partial charge in [0, 0.05) is 19.3 Å². The monoisotopic (exact) mass is 1010 g/mol. The van der Waals surface area contributed by atoms with Crippen LogP contribution < -0.4 is 0 Å². The number of ether oxygens (including phenoxy) is 3. The van der Waals surface area contributed by atoms with Crippen LogP contribution >= 0.6 is 0 Å². The molecule has 0 aromatic heterocycles. The minimum atomic E-state index is -0.777. The Hall–Kier alpha value is -3.93. The summed E-state index contributed by atoms with van der Waals surface area (Å²) in [6, 6.07) is 0. The maximum Gasteiger partial charge on any atom is 0.306 e. The van der Waals surface area contributed by atoms with Crippen LogP contribution in [0.5, 0.6) is 0 Å². The SMILES string of the molecule is CC/C=C\C/C=C\C/C=C\C/C=C\C/C=C\C/C=C\C/C=C\C/C=C\C/C=C\CCCCCCCCCC(=O)OCC(COC(=O)CCCCCCCCC)OC(=O)CCCCCCCCCCCCCCC. The first-order valence-corrected chi connectivity index (χ1v) is 30.4. The van der Waals surface area contributed by atoms with Crippen molar-refractivity contribution in [2.75, 3.05) is 13.2 Å². The van der Waals surface area contributed by atoms with E-state index in [2.05, 4.69) is 130 Å².